The molecule has 1 aromatic heterocycles. The highest BCUT2D eigenvalue weighted by Gasteiger charge is 2.16. The summed E-state index contributed by atoms with van der Waals surface area (Å²) in [5.41, 5.74) is 1.27. The fourth-order valence-corrected chi connectivity index (χ4v) is 2.09. The van der Waals surface area contributed by atoms with E-state index < -0.39 is 0 Å². The fraction of sp³-hybridized carbons (Fsp3) is 0.312. The summed E-state index contributed by atoms with van der Waals surface area (Å²) in [6.07, 6.45) is 0.798. The third-order valence-electron chi connectivity index (χ3n) is 3.36. The first kappa shape index (κ1) is 15.0. The van der Waals surface area contributed by atoms with Crippen LogP contribution in [0.3, 0.4) is 0 Å². The number of rotatable bonds is 5. The number of hydrogen-bond donors (Lipinski definition) is 0. The number of aryl methyl sites for hydroxylation is 1. The van der Waals surface area contributed by atoms with Gasteiger partial charge in [0.2, 0.25) is 0 Å². The number of amides is 1. The highest BCUT2D eigenvalue weighted by atomic mass is 16.2. The summed E-state index contributed by atoms with van der Waals surface area (Å²) in [6, 6.07) is 12.9. The summed E-state index contributed by atoms with van der Waals surface area (Å²) in [6.45, 7) is 3.17. The van der Waals surface area contributed by atoms with Crippen molar-refractivity contribution in [2.45, 2.75) is 13.3 Å². The largest absolute Gasteiger partial charge is 0.337 e. The molecule has 0 radical (unpaired) electrons. The van der Waals surface area contributed by atoms with Gasteiger partial charge in [0, 0.05) is 26.2 Å². The molecule has 0 fully saturated rings. The molecule has 0 unspecified atom stereocenters. The van der Waals surface area contributed by atoms with Gasteiger partial charge in [0.25, 0.3) is 11.5 Å². The average Bonchev–Trinajstić information content (AvgIpc) is 2.51. The van der Waals surface area contributed by atoms with Crippen LogP contribution in [0.5, 0.6) is 0 Å². The van der Waals surface area contributed by atoms with Crippen molar-refractivity contribution in [1.82, 2.24) is 14.7 Å². The van der Waals surface area contributed by atoms with Gasteiger partial charge in [0.1, 0.15) is 5.69 Å². The number of hydrogen-bond acceptors (Lipinski definition) is 3. The van der Waals surface area contributed by atoms with Gasteiger partial charge in [-0.3, -0.25) is 9.59 Å². The molecule has 2 rings (SSSR count). The molecule has 0 bridgehead atoms. The van der Waals surface area contributed by atoms with Gasteiger partial charge in [-0.1, -0.05) is 30.3 Å². The molecule has 5 nitrogen and oxygen atoms in total. The first-order chi connectivity index (χ1) is 10.1. The Morgan fingerprint density at radius 2 is 1.90 bits per heavy atom. The normalized spacial score (nSPS) is 10.4. The highest BCUT2D eigenvalue weighted by molar-refractivity contribution is 5.92. The maximum atomic E-state index is 12.4. The standard InChI is InChI=1S/C16H19N3O2/c1-3-19(12-11-13-7-5-4-6-8-13)16(21)14-9-10-15(20)18(2)17-14/h4-10H,3,11-12H2,1-2H3. The number of nitrogens with zero attached hydrogens (tertiary/aromatic N) is 3. The first-order valence-electron chi connectivity index (χ1n) is 6.99. The lowest BCUT2D eigenvalue weighted by Crippen LogP contribution is -2.34. The van der Waals surface area contributed by atoms with Crippen LogP contribution in [0.4, 0.5) is 0 Å². The van der Waals surface area contributed by atoms with Crippen molar-refractivity contribution in [2.24, 2.45) is 7.05 Å². The van der Waals surface area contributed by atoms with Crippen LogP contribution in [0.25, 0.3) is 0 Å². The van der Waals surface area contributed by atoms with Gasteiger partial charge in [-0.15, -0.1) is 0 Å². The molecule has 0 aliphatic rings. The number of aromatic nitrogens is 2. The molecule has 0 aliphatic heterocycles. The number of likely N-dealkylation sites (N-methyl/N-ethyl adjacent to an activating group) is 1. The Morgan fingerprint density at radius 1 is 1.19 bits per heavy atom. The third-order valence-corrected chi connectivity index (χ3v) is 3.36. The SMILES string of the molecule is CCN(CCc1ccccc1)C(=O)c1ccc(=O)n(C)n1. The predicted molar refractivity (Wildman–Crippen MR) is 81.2 cm³/mol. The van der Waals surface area contributed by atoms with E-state index in [1.54, 1.807) is 11.9 Å². The van der Waals surface area contributed by atoms with E-state index in [-0.39, 0.29) is 11.5 Å². The van der Waals surface area contributed by atoms with Gasteiger partial charge < -0.3 is 4.90 Å². The van der Waals surface area contributed by atoms with Crippen LogP contribution in [-0.4, -0.2) is 33.7 Å². The quantitative estimate of drug-likeness (QED) is 0.836. The molecule has 1 heterocycles. The van der Waals surface area contributed by atoms with E-state index in [0.29, 0.717) is 18.8 Å². The van der Waals surface area contributed by atoms with Gasteiger partial charge in [-0.05, 0) is 25.0 Å². The lowest BCUT2D eigenvalue weighted by Gasteiger charge is -2.20. The summed E-state index contributed by atoms with van der Waals surface area (Å²) < 4.78 is 1.18. The maximum Gasteiger partial charge on any atom is 0.274 e. The van der Waals surface area contributed by atoms with Crippen LogP contribution in [-0.2, 0) is 13.5 Å². The van der Waals surface area contributed by atoms with E-state index in [1.807, 2.05) is 37.3 Å². The van der Waals surface area contributed by atoms with E-state index in [0.717, 1.165) is 6.42 Å². The molecular formula is C16H19N3O2. The highest BCUT2D eigenvalue weighted by Crippen LogP contribution is 2.04. The van der Waals surface area contributed by atoms with Gasteiger partial charge >= 0.3 is 0 Å². The van der Waals surface area contributed by atoms with Crippen LogP contribution >= 0.6 is 0 Å². The third kappa shape index (κ3) is 3.78. The Kier molecular flexibility index (Phi) is 4.87. The maximum absolute atomic E-state index is 12.4. The Hall–Kier alpha value is -2.43. The smallest absolute Gasteiger partial charge is 0.274 e. The van der Waals surface area contributed by atoms with Crippen molar-refractivity contribution >= 4 is 5.91 Å². The second-order valence-corrected chi connectivity index (χ2v) is 4.80. The second-order valence-electron chi connectivity index (χ2n) is 4.80. The van der Waals surface area contributed by atoms with Crippen molar-refractivity contribution in [3.8, 4) is 0 Å². The van der Waals surface area contributed by atoms with Crippen LogP contribution in [0, 0.1) is 0 Å². The first-order valence-corrected chi connectivity index (χ1v) is 6.99. The molecule has 1 aromatic carbocycles. The topological polar surface area (TPSA) is 55.2 Å². The van der Waals surface area contributed by atoms with Crippen molar-refractivity contribution < 1.29 is 4.79 Å². The molecular weight excluding hydrogens is 266 g/mol. The summed E-state index contributed by atoms with van der Waals surface area (Å²) in [7, 11) is 1.54. The molecule has 0 saturated heterocycles. The fourth-order valence-electron chi connectivity index (χ4n) is 2.09. The predicted octanol–water partition coefficient (Wildman–Crippen LogP) is 1.49. The zero-order valence-corrected chi connectivity index (χ0v) is 12.3. The minimum absolute atomic E-state index is 0.149. The van der Waals surface area contributed by atoms with Crippen LogP contribution in [0.1, 0.15) is 23.0 Å². The Bertz CT molecular complexity index is 665. The van der Waals surface area contributed by atoms with Gasteiger partial charge in [-0.2, -0.15) is 5.10 Å². The summed E-state index contributed by atoms with van der Waals surface area (Å²) in [5.74, 6) is -0.149. The van der Waals surface area contributed by atoms with Crippen LogP contribution < -0.4 is 5.56 Å². The number of carbonyl (C=O) groups excluding carboxylic acids is 1. The van der Waals surface area contributed by atoms with E-state index in [4.69, 9.17) is 0 Å². The molecule has 0 saturated carbocycles. The average molecular weight is 285 g/mol. The monoisotopic (exact) mass is 285 g/mol. The molecule has 5 heteroatoms. The summed E-state index contributed by atoms with van der Waals surface area (Å²) in [4.78, 5) is 25.5. The molecule has 2 aromatic rings. The summed E-state index contributed by atoms with van der Waals surface area (Å²) in [5, 5.41) is 4.01. The Morgan fingerprint density at radius 3 is 2.52 bits per heavy atom. The van der Waals surface area contributed by atoms with Crippen molar-refractivity contribution in [1.29, 1.82) is 0 Å². The van der Waals surface area contributed by atoms with E-state index in [2.05, 4.69) is 5.10 Å². The van der Waals surface area contributed by atoms with E-state index in [1.165, 1.54) is 22.4 Å². The van der Waals surface area contributed by atoms with E-state index >= 15 is 0 Å². The van der Waals surface area contributed by atoms with E-state index in [9.17, 15) is 9.59 Å². The van der Waals surface area contributed by atoms with Crippen LogP contribution in [0.15, 0.2) is 47.3 Å². The number of carbonyl (C=O) groups is 1. The molecule has 21 heavy (non-hydrogen) atoms. The molecule has 1 amide bonds. The van der Waals surface area contributed by atoms with Crippen molar-refractivity contribution in [3.63, 3.8) is 0 Å². The zero-order valence-electron chi connectivity index (χ0n) is 12.3. The number of benzene rings is 1. The van der Waals surface area contributed by atoms with Gasteiger partial charge in [0.15, 0.2) is 0 Å². The lowest BCUT2D eigenvalue weighted by atomic mass is 10.1. The van der Waals surface area contributed by atoms with Crippen molar-refractivity contribution in [3.05, 3.63) is 64.1 Å². The molecule has 0 atom stereocenters. The Balaban J connectivity index is 2.07. The zero-order chi connectivity index (χ0) is 15.2. The summed E-state index contributed by atoms with van der Waals surface area (Å²) >= 11 is 0. The van der Waals surface area contributed by atoms with Gasteiger partial charge in [-0.25, -0.2) is 4.68 Å². The lowest BCUT2D eigenvalue weighted by molar-refractivity contribution is 0.0757. The minimum Gasteiger partial charge on any atom is -0.337 e. The molecule has 0 N–H and O–H groups in total. The van der Waals surface area contributed by atoms with Crippen LogP contribution in [0.2, 0.25) is 0 Å². The second kappa shape index (κ2) is 6.83. The molecule has 0 aliphatic carbocycles. The van der Waals surface area contributed by atoms with Crippen molar-refractivity contribution in [2.75, 3.05) is 13.1 Å². The molecule has 110 valence electrons. The Labute approximate surface area is 123 Å². The molecule has 0 spiro atoms. The van der Waals surface area contributed by atoms with Gasteiger partial charge in [0.05, 0.1) is 0 Å². The minimum atomic E-state index is -0.223.